The Hall–Kier alpha value is -0.900. The summed E-state index contributed by atoms with van der Waals surface area (Å²) in [4.78, 5) is 9.62. The van der Waals surface area contributed by atoms with Crippen molar-refractivity contribution >= 4 is 29.9 Å². The number of hydrogen-bond donors (Lipinski definition) is 2. The molecule has 7 heteroatoms. The summed E-state index contributed by atoms with van der Waals surface area (Å²) >= 11 is 0. The van der Waals surface area contributed by atoms with E-state index in [1.807, 2.05) is 0 Å². The van der Waals surface area contributed by atoms with Crippen LogP contribution in [-0.4, -0.2) is 77.9 Å². The van der Waals surface area contributed by atoms with E-state index in [1.54, 1.807) is 0 Å². The summed E-state index contributed by atoms with van der Waals surface area (Å²) in [6, 6.07) is 11.1. The van der Waals surface area contributed by atoms with Crippen LogP contribution < -0.4 is 5.32 Å². The van der Waals surface area contributed by atoms with Gasteiger partial charge in [0.1, 0.15) is 0 Å². The number of ether oxygens (including phenoxy) is 1. The number of likely N-dealkylation sites (tertiary alicyclic amines) is 1. The smallest absolute Gasteiger partial charge is 0.194 e. The number of fused-ring (bicyclic) bond motifs is 1. The molecule has 0 spiro atoms. The molecule has 2 unspecified atom stereocenters. The molecule has 3 fully saturated rings. The number of benzene rings is 1. The van der Waals surface area contributed by atoms with Crippen molar-refractivity contribution in [1.82, 2.24) is 15.1 Å². The molecule has 1 aliphatic carbocycles. The molecular weight excluding hydrogens is 467 g/mol. The van der Waals surface area contributed by atoms with Crippen LogP contribution in [0, 0.1) is 0 Å². The highest BCUT2D eigenvalue weighted by Crippen LogP contribution is 2.32. The SMILES string of the molecule is CCNC(=NCC1(O)CCC1)N1CC2OCCN(Cc3ccccc3)C2C1.I. The molecule has 2 aliphatic heterocycles. The van der Waals surface area contributed by atoms with Gasteiger partial charge in [0, 0.05) is 32.7 Å². The van der Waals surface area contributed by atoms with Gasteiger partial charge in [0.2, 0.25) is 0 Å². The van der Waals surface area contributed by atoms with Crippen LogP contribution in [0.2, 0.25) is 0 Å². The summed E-state index contributed by atoms with van der Waals surface area (Å²) < 4.78 is 6.09. The quantitative estimate of drug-likeness (QED) is 0.369. The number of halogens is 1. The second kappa shape index (κ2) is 9.73. The zero-order chi connectivity index (χ0) is 18.7. The van der Waals surface area contributed by atoms with Gasteiger partial charge in [-0.25, -0.2) is 0 Å². The van der Waals surface area contributed by atoms with E-state index in [-0.39, 0.29) is 30.1 Å². The number of nitrogens with zero attached hydrogens (tertiary/aromatic N) is 3. The summed E-state index contributed by atoms with van der Waals surface area (Å²) in [6.07, 6.45) is 3.07. The fraction of sp³-hybridized carbons (Fsp3) is 0.667. The van der Waals surface area contributed by atoms with E-state index in [9.17, 15) is 5.11 Å². The van der Waals surface area contributed by atoms with E-state index in [0.29, 0.717) is 12.6 Å². The molecule has 0 amide bonds. The molecule has 2 heterocycles. The summed E-state index contributed by atoms with van der Waals surface area (Å²) in [5.41, 5.74) is 0.771. The van der Waals surface area contributed by atoms with Crippen molar-refractivity contribution in [2.45, 2.75) is 50.5 Å². The first-order valence-electron chi connectivity index (χ1n) is 10.3. The van der Waals surface area contributed by atoms with E-state index in [0.717, 1.165) is 64.6 Å². The number of aliphatic hydroxyl groups is 1. The summed E-state index contributed by atoms with van der Waals surface area (Å²) in [6.45, 7) is 7.92. The number of rotatable bonds is 5. The topological polar surface area (TPSA) is 60.3 Å². The third-order valence-electron chi connectivity index (χ3n) is 6.09. The Morgan fingerprint density at radius 2 is 2.07 bits per heavy atom. The summed E-state index contributed by atoms with van der Waals surface area (Å²) in [5, 5.41) is 13.8. The molecule has 156 valence electrons. The lowest BCUT2D eigenvalue weighted by molar-refractivity contribution is -0.0502. The Morgan fingerprint density at radius 1 is 1.29 bits per heavy atom. The molecule has 0 aromatic heterocycles. The van der Waals surface area contributed by atoms with Crippen LogP contribution in [0.5, 0.6) is 0 Å². The molecule has 1 aromatic carbocycles. The lowest BCUT2D eigenvalue weighted by Gasteiger charge is -2.36. The number of hydrogen-bond acceptors (Lipinski definition) is 4. The Balaban J connectivity index is 0.00000225. The first kappa shape index (κ1) is 21.8. The van der Waals surface area contributed by atoms with Crippen molar-refractivity contribution in [1.29, 1.82) is 0 Å². The van der Waals surface area contributed by atoms with Crippen molar-refractivity contribution in [3.05, 3.63) is 35.9 Å². The van der Waals surface area contributed by atoms with Gasteiger partial charge in [-0.05, 0) is 31.7 Å². The van der Waals surface area contributed by atoms with E-state index < -0.39 is 5.60 Å². The molecule has 28 heavy (non-hydrogen) atoms. The molecule has 3 aliphatic rings. The van der Waals surface area contributed by atoms with Crippen molar-refractivity contribution < 1.29 is 9.84 Å². The third kappa shape index (κ3) is 4.98. The van der Waals surface area contributed by atoms with Gasteiger partial charge in [-0.3, -0.25) is 9.89 Å². The van der Waals surface area contributed by atoms with Crippen molar-refractivity contribution in [2.75, 3.05) is 39.3 Å². The zero-order valence-corrected chi connectivity index (χ0v) is 19.0. The third-order valence-corrected chi connectivity index (χ3v) is 6.09. The molecule has 4 rings (SSSR count). The predicted octanol–water partition coefficient (Wildman–Crippen LogP) is 2.07. The van der Waals surface area contributed by atoms with Crippen molar-refractivity contribution in [3.8, 4) is 0 Å². The average Bonchev–Trinajstić information content (AvgIpc) is 3.09. The number of guanidine groups is 1. The van der Waals surface area contributed by atoms with E-state index in [4.69, 9.17) is 9.73 Å². The zero-order valence-electron chi connectivity index (χ0n) is 16.7. The minimum atomic E-state index is -0.580. The van der Waals surface area contributed by atoms with Crippen LogP contribution in [0.3, 0.4) is 0 Å². The molecule has 6 nitrogen and oxygen atoms in total. The Labute approximate surface area is 185 Å². The van der Waals surface area contributed by atoms with Gasteiger partial charge in [-0.2, -0.15) is 0 Å². The van der Waals surface area contributed by atoms with Gasteiger partial charge in [0.05, 0.1) is 30.9 Å². The van der Waals surface area contributed by atoms with Gasteiger partial charge in [-0.1, -0.05) is 30.3 Å². The fourth-order valence-electron chi connectivity index (χ4n) is 4.34. The molecule has 1 saturated carbocycles. The van der Waals surface area contributed by atoms with Crippen LogP contribution in [0.15, 0.2) is 35.3 Å². The largest absolute Gasteiger partial charge is 0.388 e. The van der Waals surface area contributed by atoms with Crippen molar-refractivity contribution in [3.63, 3.8) is 0 Å². The first-order chi connectivity index (χ1) is 13.2. The summed E-state index contributed by atoms with van der Waals surface area (Å²) in [5.74, 6) is 0.912. The number of aliphatic imine (C=N–C) groups is 1. The maximum Gasteiger partial charge on any atom is 0.194 e. The molecule has 2 N–H and O–H groups in total. The van der Waals surface area contributed by atoms with Crippen LogP contribution in [-0.2, 0) is 11.3 Å². The van der Waals surface area contributed by atoms with E-state index >= 15 is 0 Å². The maximum absolute atomic E-state index is 10.4. The molecule has 0 radical (unpaired) electrons. The highest BCUT2D eigenvalue weighted by molar-refractivity contribution is 14.0. The van der Waals surface area contributed by atoms with Gasteiger partial charge in [0.25, 0.3) is 0 Å². The molecular formula is C21H33IN4O2. The van der Waals surface area contributed by atoms with Crippen LogP contribution in [0.1, 0.15) is 31.7 Å². The van der Waals surface area contributed by atoms with Crippen LogP contribution in [0.25, 0.3) is 0 Å². The normalized spacial score (nSPS) is 26.9. The molecule has 0 bridgehead atoms. The van der Waals surface area contributed by atoms with Gasteiger partial charge >= 0.3 is 0 Å². The highest BCUT2D eigenvalue weighted by Gasteiger charge is 2.41. The van der Waals surface area contributed by atoms with Crippen LogP contribution in [0.4, 0.5) is 0 Å². The number of morpholine rings is 1. The molecule has 2 saturated heterocycles. The van der Waals surface area contributed by atoms with Crippen molar-refractivity contribution in [2.24, 2.45) is 4.99 Å². The fourth-order valence-corrected chi connectivity index (χ4v) is 4.34. The Kier molecular flexibility index (Phi) is 7.58. The Morgan fingerprint density at radius 3 is 2.75 bits per heavy atom. The second-order valence-corrected chi connectivity index (χ2v) is 8.09. The Bertz CT molecular complexity index is 653. The van der Waals surface area contributed by atoms with Crippen LogP contribution >= 0.6 is 24.0 Å². The summed E-state index contributed by atoms with van der Waals surface area (Å²) in [7, 11) is 0. The second-order valence-electron chi connectivity index (χ2n) is 8.09. The average molecular weight is 500 g/mol. The molecule has 1 aromatic rings. The standard InChI is InChI=1S/C21H32N4O2.HI/c1-2-22-20(23-16-21(26)9-6-10-21)25-14-18-19(15-25)27-12-11-24(18)13-17-7-4-3-5-8-17;/h3-5,7-8,18-19,26H,2,6,9-16H2,1H3,(H,22,23);1H. The lowest BCUT2D eigenvalue weighted by Crippen LogP contribution is -2.50. The van der Waals surface area contributed by atoms with E-state index in [2.05, 4.69) is 52.4 Å². The highest BCUT2D eigenvalue weighted by atomic mass is 127. The minimum Gasteiger partial charge on any atom is -0.388 e. The van der Waals surface area contributed by atoms with Gasteiger partial charge < -0.3 is 20.1 Å². The van der Waals surface area contributed by atoms with Gasteiger partial charge in [0.15, 0.2) is 5.96 Å². The lowest BCUT2D eigenvalue weighted by atomic mass is 9.80. The first-order valence-corrected chi connectivity index (χ1v) is 10.3. The number of nitrogens with one attached hydrogen (secondary N) is 1. The van der Waals surface area contributed by atoms with E-state index in [1.165, 1.54) is 5.56 Å². The predicted molar refractivity (Wildman–Crippen MR) is 122 cm³/mol. The minimum absolute atomic E-state index is 0. The van der Waals surface area contributed by atoms with Gasteiger partial charge in [-0.15, -0.1) is 24.0 Å². The maximum atomic E-state index is 10.4. The monoisotopic (exact) mass is 500 g/mol. The molecule has 2 atom stereocenters.